The topological polar surface area (TPSA) is 24.8 Å². The second kappa shape index (κ2) is 5.81. The summed E-state index contributed by atoms with van der Waals surface area (Å²) in [5.41, 5.74) is 1.04. The molecule has 18 heavy (non-hydrogen) atoms. The molecule has 5 heteroatoms. The van der Waals surface area contributed by atoms with Crippen molar-refractivity contribution in [1.82, 2.24) is 0 Å². The third-order valence-corrected chi connectivity index (χ3v) is 3.58. The summed E-state index contributed by atoms with van der Waals surface area (Å²) in [5, 5.41) is 1.14. The third kappa shape index (κ3) is 3.09. The molecule has 3 nitrogen and oxygen atoms in total. The van der Waals surface area contributed by atoms with Crippen LogP contribution in [-0.2, 0) is 4.74 Å². The molecule has 0 saturated heterocycles. The number of rotatable bonds is 4. The van der Waals surface area contributed by atoms with Crippen LogP contribution < -0.4 is 4.90 Å². The lowest BCUT2D eigenvalue weighted by molar-refractivity contribution is 0.326. The average Bonchev–Trinajstić information content (AvgIpc) is 2.82. The normalized spacial score (nSPS) is 18.2. The monoisotopic (exact) mass is 285 g/mol. The van der Waals surface area contributed by atoms with Gasteiger partial charge in [-0.1, -0.05) is 23.2 Å². The molecule has 1 aliphatic rings. The van der Waals surface area contributed by atoms with E-state index in [0.717, 1.165) is 12.2 Å². The second-order valence-electron chi connectivity index (χ2n) is 4.53. The van der Waals surface area contributed by atoms with Crippen molar-refractivity contribution in [3.8, 4) is 0 Å². The number of nitrogens with zero attached hydrogens (tertiary/aromatic N) is 2. The van der Waals surface area contributed by atoms with E-state index in [1.807, 2.05) is 18.2 Å². The Bertz CT molecular complexity index is 449. The molecule has 0 amide bonds. The zero-order valence-corrected chi connectivity index (χ0v) is 11.9. The Labute approximate surface area is 117 Å². The van der Waals surface area contributed by atoms with Crippen LogP contribution in [0.15, 0.2) is 23.2 Å². The molecule has 1 aromatic carbocycles. The number of hydrogen-bond donors (Lipinski definition) is 0. The predicted octanol–water partition coefficient (Wildman–Crippen LogP) is 3.51. The fourth-order valence-corrected chi connectivity index (χ4v) is 2.17. The van der Waals surface area contributed by atoms with Crippen molar-refractivity contribution in [3.05, 3.63) is 28.2 Å². The van der Waals surface area contributed by atoms with Gasteiger partial charge in [-0.2, -0.15) is 0 Å². The Hall–Kier alpha value is -0.930. The zero-order valence-electron chi connectivity index (χ0n) is 10.4. The van der Waals surface area contributed by atoms with Crippen molar-refractivity contribution in [2.45, 2.75) is 25.9 Å². The van der Waals surface area contributed by atoms with Crippen LogP contribution in [-0.4, -0.2) is 31.6 Å². The summed E-state index contributed by atoms with van der Waals surface area (Å²) in [6.45, 7) is 5.63. The Balaban J connectivity index is 2.17. The van der Waals surface area contributed by atoms with Crippen molar-refractivity contribution < 1.29 is 4.74 Å². The van der Waals surface area contributed by atoms with Gasteiger partial charge in [0, 0.05) is 18.3 Å². The van der Waals surface area contributed by atoms with Gasteiger partial charge in [0.1, 0.15) is 12.6 Å². The van der Waals surface area contributed by atoms with E-state index in [1.165, 1.54) is 0 Å². The predicted molar refractivity (Wildman–Crippen MR) is 76.1 cm³/mol. The number of anilines is 1. The van der Waals surface area contributed by atoms with Gasteiger partial charge in [-0.3, -0.25) is 0 Å². The molecule has 1 heterocycles. The molecule has 0 saturated carbocycles. The minimum absolute atomic E-state index is 0.127. The summed E-state index contributed by atoms with van der Waals surface area (Å²) < 4.78 is 5.03. The molecule has 1 aromatic rings. The van der Waals surface area contributed by atoms with Gasteiger partial charge in [0.15, 0.2) is 0 Å². The molecular weight excluding hydrogens is 271 g/mol. The van der Waals surface area contributed by atoms with Gasteiger partial charge >= 0.3 is 0 Å². The third-order valence-electron chi connectivity index (χ3n) is 2.84. The molecule has 0 N–H and O–H groups in total. The van der Waals surface area contributed by atoms with E-state index >= 15 is 0 Å². The zero-order chi connectivity index (χ0) is 13.1. The lowest BCUT2D eigenvalue weighted by atomic mass is 10.2. The fraction of sp³-hybridized carbons (Fsp3) is 0.462. The maximum atomic E-state index is 6.06. The molecule has 2 rings (SSSR count). The first-order chi connectivity index (χ1) is 8.58. The van der Waals surface area contributed by atoms with Crippen LogP contribution in [0.5, 0.6) is 0 Å². The quantitative estimate of drug-likeness (QED) is 0.846. The SMILES string of the molecule is CC(C)N(CC1CO[C]=N1)c1ccc(Cl)c(Cl)c1. The molecule has 0 aromatic heterocycles. The highest BCUT2D eigenvalue weighted by atomic mass is 35.5. The summed E-state index contributed by atoms with van der Waals surface area (Å²) in [6.07, 6.45) is 2.54. The van der Waals surface area contributed by atoms with Crippen molar-refractivity contribution in [1.29, 1.82) is 0 Å². The molecule has 1 unspecified atom stereocenters. The van der Waals surface area contributed by atoms with Crippen molar-refractivity contribution in [3.63, 3.8) is 0 Å². The van der Waals surface area contributed by atoms with Crippen LogP contribution in [0.25, 0.3) is 0 Å². The Morgan fingerprint density at radius 1 is 1.44 bits per heavy atom. The molecule has 0 spiro atoms. The van der Waals surface area contributed by atoms with E-state index in [2.05, 4.69) is 30.1 Å². The highest BCUT2D eigenvalue weighted by Gasteiger charge is 2.20. The second-order valence-corrected chi connectivity index (χ2v) is 5.34. The van der Waals surface area contributed by atoms with E-state index < -0.39 is 0 Å². The Morgan fingerprint density at radius 3 is 2.78 bits per heavy atom. The first-order valence-electron chi connectivity index (χ1n) is 5.86. The Morgan fingerprint density at radius 2 is 2.22 bits per heavy atom. The lowest BCUT2D eigenvalue weighted by Crippen LogP contribution is -2.37. The van der Waals surface area contributed by atoms with Crippen molar-refractivity contribution in [2.75, 3.05) is 18.1 Å². The summed E-state index contributed by atoms with van der Waals surface area (Å²) >= 11 is 12.0. The van der Waals surface area contributed by atoms with Gasteiger partial charge in [-0.05, 0) is 32.0 Å². The summed E-state index contributed by atoms with van der Waals surface area (Å²) in [4.78, 5) is 6.38. The lowest BCUT2D eigenvalue weighted by Gasteiger charge is -2.30. The highest BCUT2D eigenvalue weighted by molar-refractivity contribution is 6.42. The van der Waals surface area contributed by atoms with Crippen molar-refractivity contribution in [2.24, 2.45) is 4.99 Å². The summed E-state index contributed by atoms with van der Waals surface area (Å²) in [7, 11) is 0. The molecule has 1 aliphatic heterocycles. The number of benzene rings is 1. The first-order valence-corrected chi connectivity index (χ1v) is 6.62. The maximum Gasteiger partial charge on any atom is 0.273 e. The summed E-state index contributed by atoms with van der Waals surface area (Å²) in [6, 6.07) is 6.14. The molecule has 97 valence electrons. The van der Waals surface area contributed by atoms with E-state index in [9.17, 15) is 0 Å². The largest absolute Gasteiger partial charge is 0.472 e. The molecular formula is C13H15Cl2N2O. The van der Waals surface area contributed by atoms with Gasteiger partial charge in [-0.15, -0.1) is 0 Å². The number of halogens is 2. The number of hydrogen-bond acceptors (Lipinski definition) is 3. The molecule has 0 bridgehead atoms. The van der Waals surface area contributed by atoms with Crippen LogP contribution in [0.2, 0.25) is 10.0 Å². The minimum Gasteiger partial charge on any atom is -0.472 e. The van der Waals surface area contributed by atoms with E-state index in [-0.39, 0.29) is 6.04 Å². The highest BCUT2D eigenvalue weighted by Crippen LogP contribution is 2.28. The average molecular weight is 286 g/mol. The summed E-state index contributed by atoms with van der Waals surface area (Å²) in [5.74, 6) is 0. The van der Waals surface area contributed by atoms with Gasteiger partial charge in [0.25, 0.3) is 6.40 Å². The maximum absolute atomic E-state index is 6.06. The van der Waals surface area contributed by atoms with Crippen LogP contribution in [0, 0.1) is 0 Å². The molecule has 0 aliphatic carbocycles. The van der Waals surface area contributed by atoms with Gasteiger partial charge < -0.3 is 9.64 Å². The first kappa shape index (κ1) is 13.5. The minimum atomic E-state index is 0.127. The molecule has 1 atom stereocenters. The fourth-order valence-electron chi connectivity index (χ4n) is 1.88. The molecule has 1 radical (unpaired) electrons. The van der Waals surface area contributed by atoms with Crippen LogP contribution in [0.1, 0.15) is 13.8 Å². The van der Waals surface area contributed by atoms with Crippen LogP contribution in [0.4, 0.5) is 5.69 Å². The Kier molecular flexibility index (Phi) is 4.36. The van der Waals surface area contributed by atoms with Gasteiger partial charge in [0.05, 0.1) is 10.0 Å². The van der Waals surface area contributed by atoms with Crippen LogP contribution >= 0.6 is 23.2 Å². The van der Waals surface area contributed by atoms with Crippen molar-refractivity contribution >= 4 is 35.3 Å². The number of aliphatic imine (C=N–C) groups is 1. The van der Waals surface area contributed by atoms with E-state index in [4.69, 9.17) is 27.9 Å². The smallest absolute Gasteiger partial charge is 0.273 e. The van der Waals surface area contributed by atoms with E-state index in [0.29, 0.717) is 22.7 Å². The number of ether oxygens (including phenoxy) is 1. The standard InChI is InChI=1S/C13H15Cl2N2O/c1-9(2)17(6-10-7-18-8-16-10)11-3-4-12(14)13(15)5-11/h3-5,9-10H,6-7H2,1-2H3. The van der Waals surface area contributed by atoms with Gasteiger partial charge in [0.2, 0.25) is 0 Å². The van der Waals surface area contributed by atoms with E-state index in [1.54, 1.807) is 0 Å². The van der Waals surface area contributed by atoms with Crippen LogP contribution in [0.3, 0.4) is 0 Å². The van der Waals surface area contributed by atoms with Gasteiger partial charge in [-0.25, -0.2) is 4.99 Å². The molecule has 0 fully saturated rings.